The second kappa shape index (κ2) is 6.15. The largest absolute Gasteiger partial charge is 0.495 e. The van der Waals surface area contributed by atoms with Crippen molar-refractivity contribution in [1.29, 1.82) is 0 Å². The number of hydrogen-bond donors (Lipinski definition) is 2. The fraction of sp³-hybridized carbons (Fsp3) is 0.500. The van der Waals surface area contributed by atoms with E-state index in [0.717, 1.165) is 37.1 Å². The van der Waals surface area contributed by atoms with Gasteiger partial charge in [0.05, 0.1) is 12.8 Å². The summed E-state index contributed by atoms with van der Waals surface area (Å²) in [6.07, 6.45) is 2.89. The van der Waals surface area contributed by atoms with Crippen molar-refractivity contribution in [2.45, 2.75) is 32.2 Å². The molecule has 1 fully saturated rings. The Hall–Kier alpha value is -1.42. The van der Waals surface area contributed by atoms with E-state index in [-0.39, 0.29) is 11.9 Å². The molecule has 0 spiro atoms. The van der Waals surface area contributed by atoms with Crippen molar-refractivity contribution in [2.75, 3.05) is 19.0 Å². The molecular weight excluding hydrogens is 264 g/mol. The van der Waals surface area contributed by atoms with E-state index in [9.17, 15) is 4.79 Å². The Labute approximate surface area is 118 Å². The number of anilines is 1. The Morgan fingerprint density at radius 2 is 2.21 bits per heavy atom. The van der Waals surface area contributed by atoms with Crippen molar-refractivity contribution in [3.05, 3.63) is 22.7 Å². The van der Waals surface area contributed by atoms with Gasteiger partial charge in [0.2, 0.25) is 5.91 Å². The second-order valence-electron chi connectivity index (χ2n) is 4.79. The van der Waals surface area contributed by atoms with Crippen LogP contribution in [0.4, 0.5) is 5.69 Å². The number of amides is 1. The molecule has 5 heteroatoms. The highest BCUT2D eigenvalue weighted by Gasteiger charge is 2.21. The zero-order chi connectivity index (χ0) is 13.8. The van der Waals surface area contributed by atoms with Crippen LogP contribution < -0.4 is 15.4 Å². The highest BCUT2D eigenvalue weighted by atomic mass is 35.5. The molecule has 104 valence electrons. The molecule has 4 nitrogen and oxygen atoms in total. The number of carbonyl (C=O) groups is 1. The van der Waals surface area contributed by atoms with Gasteiger partial charge in [-0.3, -0.25) is 4.79 Å². The van der Waals surface area contributed by atoms with Crippen LogP contribution in [0.25, 0.3) is 0 Å². The summed E-state index contributed by atoms with van der Waals surface area (Å²) in [6, 6.07) is 3.48. The molecule has 1 saturated heterocycles. The number of ether oxygens (including phenoxy) is 1. The SMILES string of the molecule is COc1cc(Cl)c(C)cc1NC1CCCCNC1=O. The number of benzene rings is 1. The maximum absolute atomic E-state index is 11.9. The maximum atomic E-state index is 11.9. The summed E-state index contributed by atoms with van der Waals surface area (Å²) in [5.74, 6) is 0.708. The van der Waals surface area contributed by atoms with Gasteiger partial charge in [-0.1, -0.05) is 11.6 Å². The van der Waals surface area contributed by atoms with Gasteiger partial charge in [-0.25, -0.2) is 0 Å². The molecule has 1 unspecified atom stereocenters. The Morgan fingerprint density at radius 3 is 2.95 bits per heavy atom. The molecule has 2 rings (SSSR count). The molecule has 0 aliphatic carbocycles. The van der Waals surface area contributed by atoms with E-state index < -0.39 is 0 Å². The summed E-state index contributed by atoms with van der Waals surface area (Å²) in [6.45, 7) is 2.69. The van der Waals surface area contributed by atoms with Gasteiger partial charge in [0.15, 0.2) is 0 Å². The number of hydrogen-bond acceptors (Lipinski definition) is 3. The lowest BCUT2D eigenvalue weighted by molar-refractivity contribution is -0.121. The molecule has 0 saturated carbocycles. The van der Waals surface area contributed by atoms with Crippen molar-refractivity contribution < 1.29 is 9.53 Å². The first-order chi connectivity index (χ1) is 9.11. The van der Waals surface area contributed by atoms with Crippen LogP contribution in [0.1, 0.15) is 24.8 Å². The number of nitrogens with one attached hydrogen (secondary N) is 2. The number of aryl methyl sites for hydroxylation is 1. The molecular formula is C14H19ClN2O2. The van der Waals surface area contributed by atoms with Gasteiger partial charge in [0.25, 0.3) is 0 Å². The van der Waals surface area contributed by atoms with E-state index in [1.807, 2.05) is 13.0 Å². The first-order valence-corrected chi connectivity index (χ1v) is 6.88. The van der Waals surface area contributed by atoms with Crippen LogP contribution in [0, 0.1) is 6.92 Å². The predicted octanol–water partition coefficient (Wildman–Crippen LogP) is 2.74. The topological polar surface area (TPSA) is 50.4 Å². The molecule has 1 heterocycles. The van der Waals surface area contributed by atoms with Crippen molar-refractivity contribution in [3.8, 4) is 5.75 Å². The van der Waals surface area contributed by atoms with Crippen LogP contribution in [0.5, 0.6) is 5.75 Å². The average Bonchev–Trinajstić information content (AvgIpc) is 2.59. The van der Waals surface area contributed by atoms with Crippen molar-refractivity contribution in [1.82, 2.24) is 5.32 Å². The van der Waals surface area contributed by atoms with Crippen LogP contribution in [0.15, 0.2) is 12.1 Å². The number of carbonyl (C=O) groups excluding carboxylic acids is 1. The van der Waals surface area contributed by atoms with Gasteiger partial charge < -0.3 is 15.4 Å². The zero-order valence-electron chi connectivity index (χ0n) is 11.3. The van der Waals surface area contributed by atoms with Crippen molar-refractivity contribution in [2.24, 2.45) is 0 Å². The van der Waals surface area contributed by atoms with E-state index in [4.69, 9.17) is 16.3 Å². The summed E-state index contributed by atoms with van der Waals surface area (Å²) < 4.78 is 5.31. The number of halogens is 1. The maximum Gasteiger partial charge on any atom is 0.242 e. The minimum absolute atomic E-state index is 0.0483. The summed E-state index contributed by atoms with van der Waals surface area (Å²) in [5, 5.41) is 6.83. The van der Waals surface area contributed by atoms with E-state index in [0.29, 0.717) is 10.8 Å². The second-order valence-corrected chi connectivity index (χ2v) is 5.19. The van der Waals surface area contributed by atoms with E-state index in [1.54, 1.807) is 13.2 Å². The number of methoxy groups -OCH3 is 1. The highest BCUT2D eigenvalue weighted by Crippen LogP contribution is 2.31. The van der Waals surface area contributed by atoms with E-state index in [1.165, 1.54) is 0 Å². The third kappa shape index (κ3) is 3.32. The van der Waals surface area contributed by atoms with E-state index in [2.05, 4.69) is 10.6 Å². The molecule has 1 aliphatic rings. The number of rotatable bonds is 3. The van der Waals surface area contributed by atoms with Crippen molar-refractivity contribution >= 4 is 23.2 Å². The standard InChI is InChI=1S/C14H19ClN2O2/c1-9-7-12(13(19-2)8-10(9)15)17-11-5-3-4-6-16-14(11)18/h7-8,11,17H,3-6H2,1-2H3,(H,16,18). The molecule has 1 aromatic carbocycles. The zero-order valence-corrected chi connectivity index (χ0v) is 12.0. The third-order valence-electron chi connectivity index (χ3n) is 3.35. The summed E-state index contributed by atoms with van der Waals surface area (Å²) in [7, 11) is 1.60. The molecule has 1 amide bonds. The third-order valence-corrected chi connectivity index (χ3v) is 3.75. The molecule has 0 radical (unpaired) electrons. The molecule has 1 atom stereocenters. The summed E-state index contributed by atoms with van der Waals surface area (Å²) in [5.41, 5.74) is 1.77. The lowest BCUT2D eigenvalue weighted by atomic mass is 10.1. The lowest BCUT2D eigenvalue weighted by Crippen LogP contribution is -2.37. The summed E-state index contributed by atoms with van der Waals surface area (Å²) >= 11 is 6.08. The Morgan fingerprint density at radius 1 is 1.42 bits per heavy atom. The Kier molecular flexibility index (Phi) is 4.53. The Balaban J connectivity index is 2.21. The molecule has 1 aliphatic heterocycles. The minimum atomic E-state index is -0.211. The lowest BCUT2D eigenvalue weighted by Gasteiger charge is -2.19. The van der Waals surface area contributed by atoms with Gasteiger partial charge in [-0.05, 0) is 37.8 Å². The van der Waals surface area contributed by atoms with Crippen LogP contribution >= 0.6 is 11.6 Å². The van der Waals surface area contributed by atoms with Crippen LogP contribution in [0.3, 0.4) is 0 Å². The predicted molar refractivity (Wildman–Crippen MR) is 77.0 cm³/mol. The highest BCUT2D eigenvalue weighted by molar-refractivity contribution is 6.31. The minimum Gasteiger partial charge on any atom is -0.495 e. The molecule has 1 aromatic rings. The van der Waals surface area contributed by atoms with Crippen LogP contribution in [-0.4, -0.2) is 25.6 Å². The van der Waals surface area contributed by atoms with Gasteiger partial charge in [-0.15, -0.1) is 0 Å². The smallest absolute Gasteiger partial charge is 0.242 e. The average molecular weight is 283 g/mol. The fourth-order valence-electron chi connectivity index (χ4n) is 2.21. The van der Waals surface area contributed by atoms with Gasteiger partial charge in [0.1, 0.15) is 11.8 Å². The van der Waals surface area contributed by atoms with Crippen molar-refractivity contribution in [3.63, 3.8) is 0 Å². The first kappa shape index (κ1) is 14.0. The van der Waals surface area contributed by atoms with Gasteiger partial charge >= 0.3 is 0 Å². The Bertz CT molecular complexity index is 477. The quantitative estimate of drug-likeness (QED) is 0.896. The molecule has 0 bridgehead atoms. The monoisotopic (exact) mass is 282 g/mol. The molecule has 2 N–H and O–H groups in total. The van der Waals surface area contributed by atoms with Crippen LogP contribution in [-0.2, 0) is 4.79 Å². The van der Waals surface area contributed by atoms with Gasteiger partial charge in [-0.2, -0.15) is 0 Å². The van der Waals surface area contributed by atoms with Crippen LogP contribution in [0.2, 0.25) is 5.02 Å². The summed E-state index contributed by atoms with van der Waals surface area (Å²) in [4.78, 5) is 11.9. The van der Waals surface area contributed by atoms with E-state index >= 15 is 0 Å². The first-order valence-electron chi connectivity index (χ1n) is 6.50. The fourth-order valence-corrected chi connectivity index (χ4v) is 2.36. The normalized spacial score (nSPS) is 19.5. The van der Waals surface area contributed by atoms with Gasteiger partial charge in [0, 0.05) is 17.6 Å². The molecule has 0 aromatic heterocycles. The molecule has 19 heavy (non-hydrogen) atoms.